The monoisotopic (exact) mass is 255 g/mol. The van der Waals surface area contributed by atoms with Gasteiger partial charge < -0.3 is 5.11 Å². The highest BCUT2D eigenvalue weighted by Crippen LogP contribution is 2.17. The molecule has 0 aromatic heterocycles. The first-order chi connectivity index (χ1) is 7.88. The summed E-state index contributed by atoms with van der Waals surface area (Å²) in [5, 5.41) is 8.71. The van der Waals surface area contributed by atoms with E-state index in [2.05, 4.69) is 6.58 Å². The minimum Gasteiger partial charge on any atom is -0.478 e. The van der Waals surface area contributed by atoms with Crippen LogP contribution in [0.3, 0.4) is 0 Å². The number of hydrogen-bond acceptors (Lipinski definition) is 3. The van der Waals surface area contributed by atoms with Gasteiger partial charge in [0.2, 0.25) is 10.0 Å². The van der Waals surface area contributed by atoms with Crippen molar-refractivity contribution in [1.82, 2.24) is 0 Å². The molecule has 1 N–H and O–H groups in total. The predicted molar refractivity (Wildman–Crippen MR) is 65.8 cm³/mol. The van der Waals surface area contributed by atoms with Crippen LogP contribution in [0.15, 0.2) is 36.9 Å². The molecule has 0 spiro atoms. The molecule has 6 heteroatoms. The van der Waals surface area contributed by atoms with Crippen LogP contribution in [0.2, 0.25) is 0 Å². The Hall–Kier alpha value is -1.82. The number of sulfonamides is 1. The van der Waals surface area contributed by atoms with Crippen LogP contribution in [0.4, 0.5) is 5.69 Å². The molecule has 1 aromatic rings. The summed E-state index contributed by atoms with van der Waals surface area (Å²) in [7, 11) is -2.02. The molecule has 1 aromatic carbocycles. The molecule has 0 saturated heterocycles. The molecular formula is C11H13NO4S. The summed E-state index contributed by atoms with van der Waals surface area (Å²) in [5.41, 5.74) is 0.528. The predicted octanol–water partition coefficient (Wildman–Crippen LogP) is 1.34. The first-order valence-electron chi connectivity index (χ1n) is 4.79. The molecule has 0 radical (unpaired) electrons. The molecule has 0 unspecified atom stereocenters. The van der Waals surface area contributed by atoms with Crippen molar-refractivity contribution >= 4 is 21.7 Å². The van der Waals surface area contributed by atoms with Crippen LogP contribution >= 0.6 is 0 Å². The lowest BCUT2D eigenvalue weighted by molar-refractivity contribution is 0.0697. The number of aromatic carboxylic acids is 1. The molecule has 1 rings (SSSR count). The minimum absolute atomic E-state index is 0.114. The molecule has 0 aliphatic carbocycles. The Morgan fingerprint density at radius 2 is 1.94 bits per heavy atom. The first-order valence-corrected chi connectivity index (χ1v) is 6.40. The number of hydrogen-bond donors (Lipinski definition) is 1. The zero-order valence-corrected chi connectivity index (χ0v) is 10.1. The Labute approximate surface area is 100 Å². The van der Waals surface area contributed by atoms with Crippen LogP contribution in [0.25, 0.3) is 0 Å². The number of carbonyl (C=O) groups is 1. The zero-order valence-electron chi connectivity index (χ0n) is 9.33. The van der Waals surface area contributed by atoms with Crippen molar-refractivity contribution in [2.75, 3.05) is 17.1 Å². The topological polar surface area (TPSA) is 74.7 Å². The number of carboxylic acids is 1. The summed E-state index contributed by atoms with van der Waals surface area (Å²) in [6.07, 6.45) is 1.30. The van der Waals surface area contributed by atoms with Gasteiger partial charge in [0.15, 0.2) is 0 Å². The van der Waals surface area contributed by atoms with Gasteiger partial charge in [0.1, 0.15) is 0 Å². The highest BCUT2D eigenvalue weighted by Gasteiger charge is 2.16. The van der Waals surface area contributed by atoms with Gasteiger partial charge in [-0.2, -0.15) is 0 Å². The second-order valence-corrected chi connectivity index (χ2v) is 5.43. The Morgan fingerprint density at radius 3 is 2.35 bits per heavy atom. The van der Waals surface area contributed by atoms with Crippen molar-refractivity contribution in [2.45, 2.75) is 0 Å². The Kier molecular flexibility index (Phi) is 3.90. The van der Waals surface area contributed by atoms with E-state index in [4.69, 9.17) is 5.11 Å². The molecule has 0 bridgehead atoms. The van der Waals surface area contributed by atoms with Crippen LogP contribution < -0.4 is 4.31 Å². The van der Waals surface area contributed by atoms with Gasteiger partial charge in [-0.3, -0.25) is 4.31 Å². The molecule has 0 saturated carbocycles. The molecule has 0 amide bonds. The van der Waals surface area contributed by atoms with Gasteiger partial charge in [0, 0.05) is 7.05 Å². The number of rotatable bonds is 5. The lowest BCUT2D eigenvalue weighted by Crippen LogP contribution is -2.28. The van der Waals surface area contributed by atoms with Gasteiger partial charge in [-0.25, -0.2) is 13.2 Å². The summed E-state index contributed by atoms with van der Waals surface area (Å²) in [5.74, 6) is -1.21. The maximum Gasteiger partial charge on any atom is 0.335 e. The van der Waals surface area contributed by atoms with Gasteiger partial charge in [0.25, 0.3) is 0 Å². The summed E-state index contributed by atoms with van der Waals surface area (Å²) in [6, 6.07) is 5.61. The smallest absolute Gasteiger partial charge is 0.335 e. The molecule has 0 aliphatic heterocycles. The van der Waals surface area contributed by atoms with Crippen LogP contribution in [0.1, 0.15) is 10.4 Å². The molecule has 0 fully saturated rings. The van der Waals surface area contributed by atoms with Crippen molar-refractivity contribution in [3.05, 3.63) is 42.5 Å². The molecule has 5 nitrogen and oxygen atoms in total. The number of carboxylic acid groups (broad SMARTS) is 1. The van der Waals surface area contributed by atoms with Crippen molar-refractivity contribution in [2.24, 2.45) is 0 Å². The number of benzene rings is 1. The normalized spacial score (nSPS) is 10.9. The van der Waals surface area contributed by atoms with Gasteiger partial charge >= 0.3 is 5.97 Å². The van der Waals surface area contributed by atoms with Gasteiger partial charge in [-0.15, -0.1) is 6.58 Å². The summed E-state index contributed by atoms with van der Waals surface area (Å²) in [6.45, 7) is 3.38. The second-order valence-electron chi connectivity index (χ2n) is 3.39. The van der Waals surface area contributed by atoms with E-state index < -0.39 is 16.0 Å². The first kappa shape index (κ1) is 13.2. The number of nitrogens with zero attached hydrogens (tertiary/aromatic N) is 1. The highest BCUT2D eigenvalue weighted by molar-refractivity contribution is 7.92. The molecule has 0 aliphatic rings. The SMILES string of the molecule is C=CCS(=O)(=O)N(C)c1ccc(C(=O)O)cc1. The third-order valence-electron chi connectivity index (χ3n) is 2.22. The zero-order chi connectivity index (χ0) is 13.1. The van der Waals surface area contributed by atoms with Crippen molar-refractivity contribution in [3.63, 3.8) is 0 Å². The van der Waals surface area contributed by atoms with Crippen molar-refractivity contribution in [1.29, 1.82) is 0 Å². The van der Waals surface area contributed by atoms with Gasteiger partial charge in [0.05, 0.1) is 17.0 Å². The van der Waals surface area contributed by atoms with E-state index in [1.807, 2.05) is 0 Å². The quantitative estimate of drug-likeness (QED) is 0.806. The van der Waals surface area contributed by atoms with E-state index in [0.29, 0.717) is 5.69 Å². The fraction of sp³-hybridized carbons (Fsp3) is 0.182. The van der Waals surface area contributed by atoms with E-state index in [1.54, 1.807) is 0 Å². The van der Waals surface area contributed by atoms with E-state index in [-0.39, 0.29) is 11.3 Å². The lowest BCUT2D eigenvalue weighted by atomic mass is 10.2. The fourth-order valence-corrected chi connectivity index (χ4v) is 2.20. The maximum absolute atomic E-state index is 11.7. The van der Waals surface area contributed by atoms with Crippen molar-refractivity contribution < 1.29 is 18.3 Å². The van der Waals surface area contributed by atoms with E-state index >= 15 is 0 Å². The third kappa shape index (κ3) is 3.07. The second kappa shape index (κ2) is 5.01. The maximum atomic E-state index is 11.7. The Morgan fingerprint density at radius 1 is 1.41 bits per heavy atom. The summed E-state index contributed by atoms with van der Waals surface area (Å²) < 4.78 is 24.5. The standard InChI is InChI=1S/C11H13NO4S/c1-3-8-17(15,16)12(2)10-6-4-9(5-7-10)11(13)14/h3-7H,1,8H2,2H3,(H,13,14). The molecule has 0 heterocycles. The average molecular weight is 255 g/mol. The van der Waals surface area contributed by atoms with Crippen LogP contribution in [-0.2, 0) is 10.0 Å². The highest BCUT2D eigenvalue weighted by atomic mass is 32.2. The van der Waals surface area contributed by atoms with E-state index in [1.165, 1.54) is 37.4 Å². The largest absolute Gasteiger partial charge is 0.478 e. The summed E-state index contributed by atoms with van der Waals surface area (Å²) in [4.78, 5) is 10.6. The lowest BCUT2D eigenvalue weighted by Gasteiger charge is -2.18. The molecular weight excluding hydrogens is 242 g/mol. The Bertz CT molecular complexity index is 519. The summed E-state index contributed by atoms with van der Waals surface area (Å²) >= 11 is 0. The minimum atomic E-state index is -3.43. The fourth-order valence-electron chi connectivity index (χ4n) is 1.24. The van der Waals surface area contributed by atoms with Gasteiger partial charge in [-0.05, 0) is 24.3 Å². The van der Waals surface area contributed by atoms with Crippen LogP contribution in [-0.4, -0.2) is 32.3 Å². The van der Waals surface area contributed by atoms with Gasteiger partial charge in [-0.1, -0.05) is 6.08 Å². The average Bonchev–Trinajstić information content (AvgIpc) is 2.28. The molecule has 17 heavy (non-hydrogen) atoms. The van der Waals surface area contributed by atoms with Crippen LogP contribution in [0.5, 0.6) is 0 Å². The van der Waals surface area contributed by atoms with Crippen molar-refractivity contribution in [3.8, 4) is 0 Å². The molecule has 92 valence electrons. The molecule has 0 atom stereocenters. The van der Waals surface area contributed by atoms with Crippen LogP contribution in [0, 0.1) is 0 Å². The third-order valence-corrected chi connectivity index (χ3v) is 3.93. The number of anilines is 1. The van der Waals surface area contributed by atoms with E-state index in [9.17, 15) is 13.2 Å². The Balaban J connectivity index is 3.01. The van der Waals surface area contributed by atoms with E-state index in [0.717, 1.165) is 4.31 Å².